The Balaban J connectivity index is 1.82. The van der Waals surface area contributed by atoms with E-state index in [9.17, 15) is 23.2 Å². The Kier molecular flexibility index (Phi) is 7.47. The summed E-state index contributed by atoms with van der Waals surface area (Å²) in [7, 11) is 0. The summed E-state index contributed by atoms with van der Waals surface area (Å²) in [4.78, 5) is 20.1. The molecule has 0 bridgehead atoms. The summed E-state index contributed by atoms with van der Waals surface area (Å²) in [6, 6.07) is 7.16. The van der Waals surface area contributed by atoms with Crippen LogP contribution in [0.1, 0.15) is 42.3 Å². The van der Waals surface area contributed by atoms with Gasteiger partial charge in [0.1, 0.15) is 17.1 Å². The number of hydrogen-bond acceptors (Lipinski definition) is 8. The van der Waals surface area contributed by atoms with Gasteiger partial charge >= 0.3 is 6.18 Å². The standard InChI is InChI=1S/C23H19F4N7O2/c1-22(2,21-34-31-12-36-21)30-11-14(10-29)20-13(9-28)6-16(7-17(20)24)33-19(35)8-15-4-3-5-18(32-15)23(25,26)27/h3-7,10-12H,8,29H2,1-2H3,(H,33,35)/b14-10+,30-11?. The van der Waals surface area contributed by atoms with E-state index in [-0.39, 0.29) is 34.0 Å². The normalized spacial score (nSPS) is 12.5. The lowest BCUT2D eigenvalue weighted by molar-refractivity contribution is -0.141. The number of nitrogens with zero attached hydrogens (tertiary/aromatic N) is 5. The van der Waals surface area contributed by atoms with Crippen molar-refractivity contribution >= 4 is 23.4 Å². The number of alkyl halides is 3. The number of anilines is 1. The van der Waals surface area contributed by atoms with E-state index in [0.29, 0.717) is 0 Å². The lowest BCUT2D eigenvalue weighted by atomic mass is 9.99. The molecule has 0 saturated heterocycles. The maximum atomic E-state index is 15.1. The number of hydrogen-bond donors (Lipinski definition) is 2. The first kappa shape index (κ1) is 26.0. The lowest BCUT2D eigenvalue weighted by Crippen LogP contribution is -2.17. The SMILES string of the molecule is CC(C)(N=C/C(=C\N)c1c(F)cc(NC(=O)Cc2cccc(C(F)(F)F)n2)cc1C#N)c1nnco1. The van der Waals surface area contributed by atoms with Crippen molar-refractivity contribution in [2.75, 3.05) is 5.32 Å². The van der Waals surface area contributed by atoms with Gasteiger partial charge < -0.3 is 15.5 Å². The van der Waals surface area contributed by atoms with Crippen molar-refractivity contribution in [2.24, 2.45) is 10.7 Å². The third-order valence-electron chi connectivity index (χ3n) is 4.81. The monoisotopic (exact) mass is 501 g/mol. The fraction of sp³-hybridized carbons (Fsp3) is 0.217. The number of nitriles is 1. The molecule has 13 heteroatoms. The van der Waals surface area contributed by atoms with Gasteiger partial charge in [0.2, 0.25) is 18.2 Å². The molecule has 0 spiro atoms. The average Bonchev–Trinajstić information content (AvgIpc) is 3.36. The van der Waals surface area contributed by atoms with E-state index in [1.54, 1.807) is 13.8 Å². The number of aliphatic imine (C=N–C) groups is 1. The van der Waals surface area contributed by atoms with Crippen molar-refractivity contribution < 1.29 is 26.8 Å². The predicted octanol–water partition coefficient (Wildman–Crippen LogP) is 3.98. The van der Waals surface area contributed by atoms with Crippen molar-refractivity contribution in [1.82, 2.24) is 15.2 Å². The van der Waals surface area contributed by atoms with Crippen LogP contribution in [-0.2, 0) is 22.9 Å². The molecule has 3 N–H and O–H groups in total. The van der Waals surface area contributed by atoms with Crippen LogP contribution >= 0.6 is 0 Å². The van der Waals surface area contributed by atoms with E-state index < -0.39 is 35.6 Å². The quantitative estimate of drug-likeness (QED) is 0.368. The maximum absolute atomic E-state index is 15.1. The van der Waals surface area contributed by atoms with Gasteiger partial charge in [-0.25, -0.2) is 9.37 Å². The minimum atomic E-state index is -4.66. The lowest BCUT2D eigenvalue weighted by Gasteiger charge is -2.15. The van der Waals surface area contributed by atoms with Crippen LogP contribution in [0.25, 0.3) is 5.57 Å². The first-order valence-electron chi connectivity index (χ1n) is 10.3. The number of allylic oxidation sites excluding steroid dienone is 1. The average molecular weight is 501 g/mol. The van der Waals surface area contributed by atoms with Crippen molar-refractivity contribution in [3.8, 4) is 6.07 Å². The molecule has 0 atom stereocenters. The molecule has 0 radical (unpaired) electrons. The van der Waals surface area contributed by atoms with Crippen molar-refractivity contribution in [1.29, 1.82) is 5.26 Å². The molecule has 186 valence electrons. The number of nitrogens with one attached hydrogen (secondary N) is 1. The molecule has 3 rings (SSSR count). The zero-order valence-electron chi connectivity index (χ0n) is 19.0. The predicted molar refractivity (Wildman–Crippen MR) is 121 cm³/mol. The molecule has 2 aromatic heterocycles. The van der Waals surface area contributed by atoms with Gasteiger partial charge in [0.25, 0.3) is 0 Å². The highest BCUT2D eigenvalue weighted by Gasteiger charge is 2.32. The molecule has 3 aromatic rings. The number of nitrogens with two attached hydrogens (primary N) is 1. The van der Waals surface area contributed by atoms with Gasteiger partial charge in [-0.1, -0.05) is 6.07 Å². The van der Waals surface area contributed by atoms with Gasteiger partial charge in [0, 0.05) is 29.2 Å². The van der Waals surface area contributed by atoms with Gasteiger partial charge in [0.15, 0.2) is 0 Å². The molecule has 9 nitrogen and oxygen atoms in total. The fourth-order valence-corrected chi connectivity index (χ4v) is 3.08. The third kappa shape index (κ3) is 6.09. The van der Waals surface area contributed by atoms with Gasteiger partial charge in [-0.15, -0.1) is 10.2 Å². The number of rotatable bonds is 7. The molecule has 1 amide bonds. The molecule has 0 aliphatic carbocycles. The van der Waals surface area contributed by atoms with Crippen LogP contribution in [0.5, 0.6) is 0 Å². The smallest absolute Gasteiger partial charge is 0.425 e. The Morgan fingerprint density at radius 1 is 1.31 bits per heavy atom. The van der Waals surface area contributed by atoms with E-state index in [2.05, 4.69) is 25.5 Å². The highest BCUT2D eigenvalue weighted by Crippen LogP contribution is 2.29. The highest BCUT2D eigenvalue weighted by molar-refractivity contribution is 6.11. The van der Waals surface area contributed by atoms with Crippen LogP contribution in [0, 0.1) is 17.1 Å². The molecular weight excluding hydrogens is 482 g/mol. The van der Waals surface area contributed by atoms with Crippen LogP contribution in [0.3, 0.4) is 0 Å². The van der Waals surface area contributed by atoms with Crippen molar-refractivity contribution in [3.05, 3.63) is 77.1 Å². The van der Waals surface area contributed by atoms with E-state index in [0.717, 1.165) is 30.8 Å². The van der Waals surface area contributed by atoms with E-state index >= 15 is 4.39 Å². The number of amides is 1. The Labute approximate surface area is 202 Å². The molecule has 0 aliphatic heterocycles. The summed E-state index contributed by atoms with van der Waals surface area (Å²) in [6.45, 7) is 3.34. The summed E-state index contributed by atoms with van der Waals surface area (Å²) in [5.74, 6) is -1.44. The second kappa shape index (κ2) is 10.3. The zero-order chi connectivity index (χ0) is 26.5. The minimum absolute atomic E-state index is 0.0719. The van der Waals surface area contributed by atoms with Gasteiger partial charge in [0.05, 0.1) is 23.7 Å². The summed E-state index contributed by atoms with van der Waals surface area (Å²) in [5, 5.41) is 19.3. The molecular formula is C23H19F4N7O2. The van der Waals surface area contributed by atoms with E-state index in [1.807, 2.05) is 6.07 Å². The summed E-state index contributed by atoms with van der Waals surface area (Å²) in [6.07, 6.45) is -1.72. The van der Waals surface area contributed by atoms with E-state index in [4.69, 9.17) is 10.2 Å². The van der Waals surface area contributed by atoms with Crippen LogP contribution in [0.4, 0.5) is 23.2 Å². The molecule has 0 saturated carbocycles. The number of carbonyl (C=O) groups is 1. The van der Waals surface area contributed by atoms with E-state index in [1.165, 1.54) is 18.3 Å². The Bertz CT molecular complexity index is 1360. The van der Waals surface area contributed by atoms with Gasteiger partial charge in [-0.3, -0.25) is 9.79 Å². The second-order valence-electron chi connectivity index (χ2n) is 7.91. The molecule has 0 unspecified atom stereocenters. The zero-order valence-corrected chi connectivity index (χ0v) is 19.0. The summed E-state index contributed by atoms with van der Waals surface area (Å²) >= 11 is 0. The number of aromatic nitrogens is 3. The van der Waals surface area contributed by atoms with Gasteiger partial charge in [-0.2, -0.15) is 18.4 Å². The number of pyridine rings is 1. The molecule has 0 fully saturated rings. The van der Waals surface area contributed by atoms with Crippen LogP contribution in [0.15, 0.2) is 52.3 Å². The maximum Gasteiger partial charge on any atom is 0.433 e. The van der Waals surface area contributed by atoms with Crippen molar-refractivity contribution in [3.63, 3.8) is 0 Å². The van der Waals surface area contributed by atoms with Crippen LogP contribution < -0.4 is 11.1 Å². The number of carbonyl (C=O) groups excluding carboxylic acids is 1. The van der Waals surface area contributed by atoms with Crippen molar-refractivity contribution in [2.45, 2.75) is 32.0 Å². The first-order valence-corrected chi connectivity index (χ1v) is 10.3. The largest absolute Gasteiger partial charge is 0.433 e. The minimum Gasteiger partial charge on any atom is -0.425 e. The highest BCUT2D eigenvalue weighted by atomic mass is 19.4. The van der Waals surface area contributed by atoms with Crippen LogP contribution in [-0.4, -0.2) is 27.3 Å². The first-order chi connectivity index (χ1) is 16.9. The third-order valence-corrected chi connectivity index (χ3v) is 4.81. The van der Waals surface area contributed by atoms with Gasteiger partial charge in [-0.05, 0) is 38.1 Å². The molecule has 36 heavy (non-hydrogen) atoms. The molecule has 1 aromatic carbocycles. The Hall–Kier alpha value is -4.60. The fourth-order valence-electron chi connectivity index (χ4n) is 3.08. The summed E-state index contributed by atoms with van der Waals surface area (Å²) in [5.41, 5.74) is 3.08. The molecule has 2 heterocycles. The molecule has 0 aliphatic rings. The second-order valence-corrected chi connectivity index (χ2v) is 7.91. The summed E-state index contributed by atoms with van der Waals surface area (Å²) < 4.78 is 58.7. The van der Waals surface area contributed by atoms with Crippen LogP contribution in [0.2, 0.25) is 0 Å². The number of halogens is 4. The Morgan fingerprint density at radius 2 is 2.06 bits per heavy atom. The Morgan fingerprint density at radius 3 is 2.67 bits per heavy atom. The topological polar surface area (TPSA) is 143 Å². The number of benzene rings is 1.